The standard InChI is InChI=1S/C31H38F6N4O2/c1-29(2,3)25-19-40(16-17-41(25)26(42)18-20-12-14-39(15-13-20)28(38)43)27(21-4-8-23(9-5-21)30(32,33)34)22-6-10-24(11-7-22)31(35,36)37/h4-11,20,25,27H,12-19H2,1-3H3,(H2,38,43)/t25-/m1/s1. The summed E-state index contributed by atoms with van der Waals surface area (Å²) in [6.07, 6.45) is -7.36. The lowest BCUT2D eigenvalue weighted by Gasteiger charge is -2.50. The van der Waals surface area contributed by atoms with E-state index in [2.05, 4.69) is 0 Å². The van der Waals surface area contributed by atoms with Crippen LogP contribution in [0.2, 0.25) is 0 Å². The van der Waals surface area contributed by atoms with Crippen LogP contribution in [0.4, 0.5) is 31.1 Å². The molecule has 0 spiro atoms. The molecule has 2 aliphatic rings. The summed E-state index contributed by atoms with van der Waals surface area (Å²) in [5.74, 6) is 0.117. The van der Waals surface area contributed by atoms with Crippen molar-refractivity contribution in [3.63, 3.8) is 0 Å². The van der Waals surface area contributed by atoms with Crippen LogP contribution in [0.15, 0.2) is 48.5 Å². The number of benzene rings is 2. The summed E-state index contributed by atoms with van der Waals surface area (Å²) in [5, 5.41) is 0. The van der Waals surface area contributed by atoms with Gasteiger partial charge in [-0.1, -0.05) is 45.0 Å². The second-order valence-corrected chi connectivity index (χ2v) is 12.6. The van der Waals surface area contributed by atoms with E-state index in [0.717, 1.165) is 24.3 Å². The Morgan fingerprint density at radius 3 is 1.65 bits per heavy atom. The van der Waals surface area contributed by atoms with Crippen LogP contribution in [0.25, 0.3) is 0 Å². The van der Waals surface area contributed by atoms with Crippen LogP contribution < -0.4 is 5.73 Å². The molecule has 43 heavy (non-hydrogen) atoms. The average molecular weight is 613 g/mol. The third-order valence-corrected chi connectivity index (χ3v) is 8.59. The van der Waals surface area contributed by atoms with Gasteiger partial charge in [-0.3, -0.25) is 9.69 Å². The Morgan fingerprint density at radius 1 is 0.791 bits per heavy atom. The molecule has 6 nitrogen and oxygen atoms in total. The van der Waals surface area contributed by atoms with E-state index in [1.807, 2.05) is 30.6 Å². The number of primary amides is 1. The number of carbonyl (C=O) groups is 2. The summed E-state index contributed by atoms with van der Waals surface area (Å²) >= 11 is 0. The van der Waals surface area contributed by atoms with Gasteiger partial charge in [-0.15, -0.1) is 0 Å². The Bertz CT molecular complexity index is 1210. The van der Waals surface area contributed by atoms with Crippen LogP contribution in [-0.4, -0.2) is 65.4 Å². The number of nitrogens with two attached hydrogens (primary N) is 1. The zero-order valence-electron chi connectivity index (χ0n) is 24.5. The van der Waals surface area contributed by atoms with E-state index in [4.69, 9.17) is 5.73 Å². The second-order valence-electron chi connectivity index (χ2n) is 12.6. The second kappa shape index (κ2) is 12.4. The van der Waals surface area contributed by atoms with Gasteiger partial charge < -0.3 is 15.5 Å². The smallest absolute Gasteiger partial charge is 0.351 e. The number of amides is 3. The Hall–Kier alpha value is -3.28. The number of hydrogen-bond acceptors (Lipinski definition) is 3. The van der Waals surface area contributed by atoms with Crippen molar-refractivity contribution in [2.75, 3.05) is 32.7 Å². The van der Waals surface area contributed by atoms with Gasteiger partial charge in [-0.2, -0.15) is 26.3 Å². The van der Waals surface area contributed by atoms with Crippen LogP contribution in [-0.2, 0) is 17.1 Å². The summed E-state index contributed by atoms with van der Waals surface area (Å²) in [4.78, 5) is 30.5. The van der Waals surface area contributed by atoms with Gasteiger partial charge >= 0.3 is 18.4 Å². The van der Waals surface area contributed by atoms with Crippen molar-refractivity contribution in [2.45, 2.75) is 64.5 Å². The predicted octanol–water partition coefficient (Wildman–Crippen LogP) is 6.55. The first-order valence-electron chi connectivity index (χ1n) is 14.4. The zero-order valence-corrected chi connectivity index (χ0v) is 24.5. The number of nitrogens with zero attached hydrogens (tertiary/aromatic N) is 3. The van der Waals surface area contributed by atoms with E-state index in [1.54, 1.807) is 4.90 Å². The van der Waals surface area contributed by atoms with E-state index in [0.29, 0.717) is 63.1 Å². The highest BCUT2D eigenvalue weighted by Crippen LogP contribution is 2.38. The Balaban J connectivity index is 1.60. The zero-order chi connectivity index (χ0) is 31.7. The van der Waals surface area contributed by atoms with E-state index < -0.39 is 35.6 Å². The Kier molecular flexibility index (Phi) is 9.39. The molecule has 0 bridgehead atoms. The largest absolute Gasteiger partial charge is 0.416 e. The van der Waals surface area contributed by atoms with Gasteiger partial charge in [0.2, 0.25) is 5.91 Å². The minimum atomic E-state index is -4.53. The number of rotatable bonds is 5. The molecule has 0 unspecified atom stereocenters. The average Bonchev–Trinajstić information content (AvgIpc) is 2.92. The Morgan fingerprint density at radius 2 is 1.26 bits per heavy atom. The molecule has 2 aromatic carbocycles. The van der Waals surface area contributed by atoms with E-state index in [9.17, 15) is 35.9 Å². The maximum atomic E-state index is 13.6. The van der Waals surface area contributed by atoms with Crippen molar-refractivity contribution >= 4 is 11.9 Å². The summed E-state index contributed by atoms with van der Waals surface area (Å²) in [6, 6.07) is 8.06. The van der Waals surface area contributed by atoms with Crippen molar-refractivity contribution in [3.05, 3.63) is 70.8 Å². The first kappa shape index (κ1) is 32.6. The van der Waals surface area contributed by atoms with Gasteiger partial charge in [0.1, 0.15) is 0 Å². The predicted molar refractivity (Wildman–Crippen MR) is 150 cm³/mol. The molecular formula is C31H38F6N4O2. The number of piperidine rings is 1. The third kappa shape index (κ3) is 7.82. The fourth-order valence-electron chi connectivity index (χ4n) is 6.12. The topological polar surface area (TPSA) is 69.9 Å². The monoisotopic (exact) mass is 612 g/mol. The molecule has 12 heteroatoms. The summed E-state index contributed by atoms with van der Waals surface area (Å²) in [7, 11) is 0. The molecule has 0 saturated carbocycles. The molecule has 1 atom stereocenters. The van der Waals surface area contributed by atoms with Crippen LogP contribution >= 0.6 is 0 Å². The first-order valence-corrected chi connectivity index (χ1v) is 14.4. The first-order chi connectivity index (χ1) is 19.9. The third-order valence-electron chi connectivity index (χ3n) is 8.59. The SMILES string of the molecule is CC(C)(C)[C@H]1CN(C(c2ccc(C(F)(F)F)cc2)c2ccc(C(F)(F)F)cc2)CCN1C(=O)CC1CCN(C(N)=O)CC1. The molecule has 2 aliphatic heterocycles. The molecule has 2 heterocycles. The lowest BCUT2D eigenvalue weighted by molar-refractivity contribution is -0.141. The van der Waals surface area contributed by atoms with Crippen molar-refractivity contribution < 1.29 is 35.9 Å². The highest BCUT2D eigenvalue weighted by atomic mass is 19.4. The van der Waals surface area contributed by atoms with Gasteiger partial charge in [0.15, 0.2) is 0 Å². The molecular weight excluding hydrogens is 574 g/mol. The minimum absolute atomic E-state index is 0.00212. The number of urea groups is 1. The summed E-state index contributed by atoms with van der Waals surface area (Å²) in [5.41, 5.74) is 4.42. The minimum Gasteiger partial charge on any atom is -0.351 e. The summed E-state index contributed by atoms with van der Waals surface area (Å²) < 4.78 is 79.8. The van der Waals surface area contributed by atoms with E-state index in [1.165, 1.54) is 24.3 Å². The number of piperazine rings is 1. The van der Waals surface area contributed by atoms with Crippen LogP contribution in [0.5, 0.6) is 0 Å². The van der Waals surface area contributed by atoms with Gasteiger partial charge in [-0.05, 0) is 59.6 Å². The maximum absolute atomic E-state index is 13.6. The molecule has 236 valence electrons. The van der Waals surface area contributed by atoms with E-state index in [-0.39, 0.29) is 23.3 Å². The highest BCUT2D eigenvalue weighted by Gasteiger charge is 2.41. The van der Waals surface area contributed by atoms with Gasteiger partial charge in [0.25, 0.3) is 0 Å². The van der Waals surface area contributed by atoms with Gasteiger partial charge in [0.05, 0.1) is 17.2 Å². The number of alkyl halides is 6. The van der Waals surface area contributed by atoms with Gasteiger partial charge in [0, 0.05) is 45.2 Å². The quantitative estimate of drug-likeness (QED) is 0.390. The van der Waals surface area contributed by atoms with Crippen LogP contribution in [0, 0.1) is 11.3 Å². The molecule has 2 N–H and O–H groups in total. The highest BCUT2D eigenvalue weighted by molar-refractivity contribution is 5.77. The molecule has 2 aromatic rings. The maximum Gasteiger partial charge on any atom is 0.416 e. The lowest BCUT2D eigenvalue weighted by atomic mass is 9.82. The van der Waals surface area contributed by atoms with Crippen molar-refractivity contribution in [1.82, 2.24) is 14.7 Å². The van der Waals surface area contributed by atoms with E-state index >= 15 is 0 Å². The fraction of sp³-hybridized carbons (Fsp3) is 0.548. The van der Waals surface area contributed by atoms with Crippen molar-refractivity contribution in [3.8, 4) is 0 Å². The molecule has 0 aliphatic carbocycles. The van der Waals surface area contributed by atoms with Gasteiger partial charge in [-0.25, -0.2) is 4.79 Å². The molecule has 2 saturated heterocycles. The molecule has 3 amide bonds. The number of carbonyl (C=O) groups excluding carboxylic acids is 2. The number of likely N-dealkylation sites (tertiary alicyclic amines) is 1. The molecule has 0 aromatic heterocycles. The van der Waals surface area contributed by atoms with Crippen molar-refractivity contribution in [2.24, 2.45) is 17.1 Å². The fourth-order valence-corrected chi connectivity index (χ4v) is 6.12. The van der Waals surface area contributed by atoms with Crippen molar-refractivity contribution in [1.29, 1.82) is 0 Å². The molecule has 2 fully saturated rings. The normalized spacial score (nSPS) is 19.6. The summed E-state index contributed by atoms with van der Waals surface area (Å²) in [6.45, 7) is 8.16. The lowest BCUT2D eigenvalue weighted by Crippen LogP contribution is -2.60. The molecule has 0 radical (unpaired) electrons. The van der Waals surface area contributed by atoms with Crippen LogP contribution in [0.1, 0.15) is 68.3 Å². The number of halogens is 6. The molecule has 4 rings (SSSR count). The van der Waals surface area contributed by atoms with Crippen LogP contribution in [0.3, 0.4) is 0 Å². The Labute approximate surface area is 247 Å². The number of hydrogen-bond donors (Lipinski definition) is 1.